The number of benzene rings is 2. The molecule has 0 saturated heterocycles. The first-order valence-electron chi connectivity index (χ1n) is 11.8. The van der Waals surface area contributed by atoms with Crippen LogP contribution in [-0.2, 0) is 13.0 Å². The molecule has 2 aromatic heterocycles. The minimum atomic E-state index is -1.10. The number of ether oxygens (including phenoxy) is 2. The fourth-order valence-corrected chi connectivity index (χ4v) is 4.82. The van der Waals surface area contributed by atoms with Crippen molar-refractivity contribution in [2.45, 2.75) is 38.7 Å². The van der Waals surface area contributed by atoms with Gasteiger partial charge in [-0.15, -0.1) is 0 Å². The lowest BCUT2D eigenvalue weighted by molar-refractivity contribution is 0.0696. The summed E-state index contributed by atoms with van der Waals surface area (Å²) in [6.07, 6.45) is 2.06. The molecule has 0 atom stereocenters. The lowest BCUT2D eigenvalue weighted by Crippen LogP contribution is -2.06. The number of Topliss-reactive ketones (excluding diaryl/α,β-unsaturated/α-hetero) is 1. The number of carbonyl (C=O) groups is 2. The molecule has 1 aliphatic heterocycles. The molecule has 9 heteroatoms. The van der Waals surface area contributed by atoms with E-state index in [4.69, 9.17) is 25.6 Å². The monoisotopic (exact) mass is 516 g/mol. The quantitative estimate of drug-likeness (QED) is 0.314. The molecule has 1 N–H and O–H groups in total. The lowest BCUT2D eigenvalue weighted by Gasteiger charge is -2.12. The normalized spacial score (nSPS) is 14.4. The fourth-order valence-electron chi connectivity index (χ4n) is 4.51. The van der Waals surface area contributed by atoms with E-state index in [0.29, 0.717) is 39.5 Å². The number of halogens is 1. The second-order valence-electron chi connectivity index (χ2n) is 9.18. The van der Waals surface area contributed by atoms with Gasteiger partial charge in [0, 0.05) is 17.5 Å². The van der Waals surface area contributed by atoms with Crippen molar-refractivity contribution in [1.82, 2.24) is 10.1 Å². The van der Waals surface area contributed by atoms with Crippen molar-refractivity contribution in [3.63, 3.8) is 0 Å². The Morgan fingerprint density at radius 2 is 2.00 bits per heavy atom. The molecule has 0 unspecified atom stereocenters. The molecule has 2 aromatic carbocycles. The highest BCUT2D eigenvalue weighted by atomic mass is 35.5. The van der Waals surface area contributed by atoms with Crippen LogP contribution in [-0.4, -0.2) is 27.0 Å². The third-order valence-electron chi connectivity index (χ3n) is 6.57. The number of carboxylic acid groups (broad SMARTS) is 1. The van der Waals surface area contributed by atoms with Crippen LogP contribution in [0.3, 0.4) is 0 Å². The molecule has 186 valence electrons. The molecule has 8 nitrogen and oxygen atoms in total. The van der Waals surface area contributed by atoms with Crippen LogP contribution in [0.1, 0.15) is 62.1 Å². The first-order valence-corrected chi connectivity index (χ1v) is 12.2. The molecule has 0 bridgehead atoms. The van der Waals surface area contributed by atoms with Crippen molar-refractivity contribution >= 4 is 23.4 Å². The van der Waals surface area contributed by atoms with Crippen LogP contribution in [0.15, 0.2) is 53.1 Å². The van der Waals surface area contributed by atoms with E-state index >= 15 is 0 Å². The van der Waals surface area contributed by atoms with E-state index < -0.39 is 5.97 Å². The predicted octanol–water partition coefficient (Wildman–Crippen LogP) is 6.38. The standard InChI is InChI=1S/C28H21ClN2O6/c1-14-3-2-4-19(29)25(14)26-18(27(37-31-26)15-5-6-15)13-35-24-10-9-22-20(30-24)12-21(32)17-8-7-16(28(33)34)11-23(17)36-22/h2-4,7-11,15H,5-6,12-13H2,1H3,(H,33,34). The van der Waals surface area contributed by atoms with Gasteiger partial charge in [-0.1, -0.05) is 28.9 Å². The number of hydrogen-bond donors (Lipinski definition) is 1. The zero-order valence-corrected chi connectivity index (χ0v) is 20.5. The summed E-state index contributed by atoms with van der Waals surface area (Å²) in [5.41, 5.74) is 4.03. The number of ketones is 1. The third kappa shape index (κ3) is 4.34. The molecule has 3 heterocycles. The van der Waals surface area contributed by atoms with Gasteiger partial charge in [-0.05, 0) is 55.7 Å². The predicted molar refractivity (Wildman–Crippen MR) is 134 cm³/mol. The van der Waals surface area contributed by atoms with Gasteiger partial charge in [0.2, 0.25) is 5.88 Å². The summed E-state index contributed by atoms with van der Waals surface area (Å²) >= 11 is 6.52. The Morgan fingerprint density at radius 3 is 2.76 bits per heavy atom. The number of carbonyl (C=O) groups excluding carboxylic acids is 1. The summed E-state index contributed by atoms with van der Waals surface area (Å²) < 4.78 is 17.7. The summed E-state index contributed by atoms with van der Waals surface area (Å²) in [5, 5.41) is 14.2. The molecule has 37 heavy (non-hydrogen) atoms. The van der Waals surface area contributed by atoms with Crippen LogP contribution < -0.4 is 9.47 Å². The first-order chi connectivity index (χ1) is 17.9. The van der Waals surface area contributed by atoms with Crippen LogP contribution in [0, 0.1) is 6.92 Å². The fraction of sp³-hybridized carbons (Fsp3) is 0.214. The molecule has 2 aliphatic rings. The molecule has 4 aromatic rings. The second-order valence-corrected chi connectivity index (χ2v) is 9.59. The number of carboxylic acids is 1. The zero-order chi connectivity index (χ0) is 25.7. The summed E-state index contributed by atoms with van der Waals surface area (Å²) in [7, 11) is 0. The lowest BCUT2D eigenvalue weighted by atomic mass is 10.0. The summed E-state index contributed by atoms with van der Waals surface area (Å²) in [4.78, 5) is 28.7. The van der Waals surface area contributed by atoms with Gasteiger partial charge in [0.25, 0.3) is 0 Å². The number of aromatic carboxylic acids is 1. The maximum absolute atomic E-state index is 12.9. The second kappa shape index (κ2) is 9.05. The van der Waals surface area contributed by atoms with Crippen LogP contribution >= 0.6 is 11.6 Å². The Bertz CT molecular complexity index is 1550. The Balaban J connectivity index is 1.29. The highest BCUT2D eigenvalue weighted by molar-refractivity contribution is 6.33. The number of fused-ring (bicyclic) bond motifs is 2. The molecular formula is C28H21ClN2O6. The van der Waals surface area contributed by atoms with Crippen molar-refractivity contribution in [3.8, 4) is 28.6 Å². The molecule has 1 fully saturated rings. The number of pyridine rings is 1. The van der Waals surface area contributed by atoms with E-state index in [1.165, 1.54) is 18.2 Å². The molecule has 0 amide bonds. The molecule has 6 rings (SSSR count). The van der Waals surface area contributed by atoms with Gasteiger partial charge in [0.05, 0.1) is 33.8 Å². The van der Waals surface area contributed by atoms with E-state index in [1.807, 2.05) is 25.1 Å². The topological polar surface area (TPSA) is 112 Å². The highest BCUT2D eigenvalue weighted by Gasteiger charge is 2.33. The van der Waals surface area contributed by atoms with Gasteiger partial charge in [-0.3, -0.25) is 4.79 Å². The molecule has 0 radical (unpaired) electrons. The number of nitrogens with zero attached hydrogens (tertiary/aromatic N) is 2. The Hall–Kier alpha value is -4.17. The average Bonchev–Trinajstić information content (AvgIpc) is 3.65. The maximum atomic E-state index is 12.9. The van der Waals surface area contributed by atoms with Crippen LogP contribution in [0.25, 0.3) is 11.3 Å². The Morgan fingerprint density at radius 1 is 1.16 bits per heavy atom. The minimum Gasteiger partial charge on any atom is -0.478 e. The molecule has 1 aliphatic carbocycles. The van der Waals surface area contributed by atoms with Gasteiger partial charge in [0.15, 0.2) is 5.78 Å². The average molecular weight is 517 g/mol. The molecular weight excluding hydrogens is 496 g/mol. The largest absolute Gasteiger partial charge is 0.478 e. The minimum absolute atomic E-state index is 0.00336. The van der Waals surface area contributed by atoms with Crippen molar-refractivity contribution in [2.24, 2.45) is 0 Å². The van der Waals surface area contributed by atoms with Crippen LogP contribution in [0.2, 0.25) is 5.02 Å². The van der Waals surface area contributed by atoms with E-state index in [1.54, 1.807) is 12.1 Å². The number of hydrogen-bond acceptors (Lipinski definition) is 7. The zero-order valence-electron chi connectivity index (χ0n) is 19.8. The van der Waals surface area contributed by atoms with E-state index in [2.05, 4.69) is 10.1 Å². The van der Waals surface area contributed by atoms with Gasteiger partial charge in [-0.2, -0.15) is 0 Å². The smallest absolute Gasteiger partial charge is 0.335 e. The van der Waals surface area contributed by atoms with Crippen molar-refractivity contribution in [1.29, 1.82) is 0 Å². The molecule has 1 saturated carbocycles. The van der Waals surface area contributed by atoms with Crippen LogP contribution in [0.5, 0.6) is 17.4 Å². The van der Waals surface area contributed by atoms with E-state index in [9.17, 15) is 14.7 Å². The highest BCUT2D eigenvalue weighted by Crippen LogP contribution is 2.45. The van der Waals surface area contributed by atoms with Gasteiger partial charge in [0.1, 0.15) is 29.6 Å². The Kier molecular flexibility index (Phi) is 5.68. The van der Waals surface area contributed by atoms with Gasteiger partial charge >= 0.3 is 5.97 Å². The number of aromatic nitrogens is 2. The molecule has 0 spiro atoms. The number of aryl methyl sites for hydroxylation is 1. The van der Waals surface area contributed by atoms with Crippen LogP contribution in [0.4, 0.5) is 0 Å². The van der Waals surface area contributed by atoms with Gasteiger partial charge < -0.3 is 19.1 Å². The summed E-state index contributed by atoms with van der Waals surface area (Å²) in [6.45, 7) is 2.14. The van der Waals surface area contributed by atoms with Crippen molar-refractivity contribution in [2.75, 3.05) is 0 Å². The Labute approximate surface area is 216 Å². The SMILES string of the molecule is Cc1cccc(Cl)c1-c1noc(C2CC2)c1COc1ccc2c(n1)CC(=O)c1ccc(C(=O)O)cc1O2. The van der Waals surface area contributed by atoms with E-state index in [0.717, 1.165) is 35.3 Å². The van der Waals surface area contributed by atoms with Gasteiger partial charge in [-0.25, -0.2) is 9.78 Å². The van der Waals surface area contributed by atoms with Crippen molar-refractivity contribution in [3.05, 3.63) is 87.3 Å². The van der Waals surface area contributed by atoms with E-state index in [-0.39, 0.29) is 30.1 Å². The summed E-state index contributed by atoms with van der Waals surface area (Å²) in [5.74, 6) is 0.667. The summed E-state index contributed by atoms with van der Waals surface area (Å²) in [6, 6.07) is 13.2. The van der Waals surface area contributed by atoms with Crippen molar-refractivity contribution < 1.29 is 28.7 Å². The number of rotatable bonds is 6. The first kappa shape index (κ1) is 23.2. The third-order valence-corrected chi connectivity index (χ3v) is 6.89. The maximum Gasteiger partial charge on any atom is 0.335 e.